The molecule has 104 valence electrons. The molecule has 1 nitrogen and oxygen atoms in total. The summed E-state index contributed by atoms with van der Waals surface area (Å²) in [7, 11) is 0. The molecule has 0 aromatic heterocycles. The minimum Gasteiger partial charge on any atom is -0.289 e. The highest BCUT2D eigenvalue weighted by Crippen LogP contribution is 2.40. The van der Waals surface area contributed by atoms with Gasteiger partial charge in [0.15, 0.2) is 5.78 Å². The molecule has 0 aliphatic rings. The first-order chi connectivity index (χ1) is 9.43. The van der Waals surface area contributed by atoms with Crippen molar-refractivity contribution >= 4 is 52.3 Å². The van der Waals surface area contributed by atoms with Gasteiger partial charge in [-0.2, -0.15) is 0 Å². The predicted molar refractivity (Wildman–Crippen MR) is 87.3 cm³/mol. The molecule has 20 heavy (non-hydrogen) atoms. The van der Waals surface area contributed by atoms with E-state index in [0.717, 1.165) is 4.90 Å². The van der Waals surface area contributed by atoms with Gasteiger partial charge in [0.1, 0.15) is 0 Å². The van der Waals surface area contributed by atoms with E-state index in [1.165, 1.54) is 11.8 Å². The van der Waals surface area contributed by atoms with E-state index in [2.05, 4.69) is 0 Å². The number of carbonyl (C=O) groups is 1. The lowest BCUT2D eigenvalue weighted by Gasteiger charge is -2.14. The standard InChI is InChI=1S/C15H11Cl3OS/c1-20-13-9-11(15(16,17)18)7-8-12(13)14(19)10-5-3-2-4-6-10/h2-9H,1H3. The Morgan fingerprint density at radius 1 is 1.05 bits per heavy atom. The summed E-state index contributed by atoms with van der Waals surface area (Å²) in [6.45, 7) is 0. The second-order valence-corrected chi connectivity index (χ2v) is 7.24. The maximum Gasteiger partial charge on any atom is 0.216 e. The van der Waals surface area contributed by atoms with Crippen LogP contribution in [-0.2, 0) is 3.79 Å². The van der Waals surface area contributed by atoms with Crippen LogP contribution in [0.2, 0.25) is 0 Å². The second kappa shape index (κ2) is 6.40. The molecule has 0 unspecified atom stereocenters. The van der Waals surface area contributed by atoms with Gasteiger partial charge >= 0.3 is 0 Å². The Kier molecular flexibility index (Phi) is 5.03. The Morgan fingerprint density at radius 3 is 2.25 bits per heavy atom. The summed E-state index contributed by atoms with van der Waals surface area (Å²) in [5.41, 5.74) is 1.81. The van der Waals surface area contributed by atoms with Crippen LogP contribution >= 0.6 is 46.6 Å². The van der Waals surface area contributed by atoms with Gasteiger partial charge < -0.3 is 0 Å². The molecule has 5 heteroatoms. The number of ketones is 1. The highest BCUT2D eigenvalue weighted by atomic mass is 35.6. The summed E-state index contributed by atoms with van der Waals surface area (Å²) in [6.07, 6.45) is 1.89. The molecule has 0 heterocycles. The topological polar surface area (TPSA) is 17.1 Å². The molecule has 0 saturated heterocycles. The van der Waals surface area contributed by atoms with Crippen LogP contribution in [0.3, 0.4) is 0 Å². The fourth-order valence-corrected chi connectivity index (χ4v) is 2.78. The summed E-state index contributed by atoms with van der Waals surface area (Å²) in [4.78, 5) is 13.3. The highest BCUT2D eigenvalue weighted by Gasteiger charge is 2.24. The molecule has 0 radical (unpaired) electrons. The van der Waals surface area contributed by atoms with Gasteiger partial charge in [0, 0.05) is 21.6 Å². The average Bonchev–Trinajstić information content (AvgIpc) is 2.45. The van der Waals surface area contributed by atoms with Crippen LogP contribution in [0.5, 0.6) is 0 Å². The minimum absolute atomic E-state index is 0.0363. The van der Waals surface area contributed by atoms with Crippen molar-refractivity contribution in [3.63, 3.8) is 0 Å². The summed E-state index contributed by atoms with van der Waals surface area (Å²) in [5.74, 6) is -0.0363. The highest BCUT2D eigenvalue weighted by molar-refractivity contribution is 7.98. The van der Waals surface area contributed by atoms with Gasteiger partial charge in [0.25, 0.3) is 0 Å². The van der Waals surface area contributed by atoms with Crippen LogP contribution in [0.4, 0.5) is 0 Å². The van der Waals surface area contributed by atoms with Crippen LogP contribution in [0.15, 0.2) is 53.4 Å². The number of rotatable bonds is 3. The Hall–Kier alpha value is -0.670. The van der Waals surface area contributed by atoms with Gasteiger partial charge in [-0.05, 0) is 18.4 Å². The zero-order valence-electron chi connectivity index (χ0n) is 10.6. The van der Waals surface area contributed by atoms with E-state index in [0.29, 0.717) is 16.7 Å². The number of hydrogen-bond donors (Lipinski definition) is 0. The molecule has 0 bridgehead atoms. The largest absolute Gasteiger partial charge is 0.289 e. The van der Waals surface area contributed by atoms with E-state index in [-0.39, 0.29) is 5.78 Å². The van der Waals surface area contributed by atoms with Crippen molar-refractivity contribution in [1.82, 2.24) is 0 Å². The maximum absolute atomic E-state index is 12.5. The predicted octanol–water partition coefficient (Wildman–Crippen LogP) is 5.47. The molecule has 0 atom stereocenters. The molecule has 0 saturated carbocycles. The normalized spacial score (nSPS) is 11.4. The first-order valence-electron chi connectivity index (χ1n) is 5.78. The van der Waals surface area contributed by atoms with Crippen molar-refractivity contribution in [2.75, 3.05) is 6.26 Å². The average molecular weight is 346 g/mol. The Labute approximate surface area is 137 Å². The van der Waals surface area contributed by atoms with Crippen LogP contribution < -0.4 is 0 Å². The van der Waals surface area contributed by atoms with Gasteiger partial charge in [-0.3, -0.25) is 4.79 Å². The van der Waals surface area contributed by atoms with Crippen LogP contribution in [0, 0.1) is 0 Å². The molecule has 2 rings (SSSR count). The summed E-state index contributed by atoms with van der Waals surface area (Å²) < 4.78 is -1.49. The lowest BCUT2D eigenvalue weighted by Crippen LogP contribution is -2.06. The van der Waals surface area contributed by atoms with Crippen molar-refractivity contribution in [1.29, 1.82) is 0 Å². The number of thioether (sulfide) groups is 1. The van der Waals surface area contributed by atoms with Gasteiger partial charge in [-0.25, -0.2) is 0 Å². The minimum atomic E-state index is -1.49. The zero-order valence-corrected chi connectivity index (χ0v) is 13.7. The number of hydrogen-bond acceptors (Lipinski definition) is 2. The third kappa shape index (κ3) is 3.50. The molecule has 0 aliphatic carbocycles. The van der Waals surface area contributed by atoms with Crippen molar-refractivity contribution in [2.45, 2.75) is 8.69 Å². The van der Waals surface area contributed by atoms with Crippen molar-refractivity contribution < 1.29 is 4.79 Å². The van der Waals surface area contributed by atoms with E-state index >= 15 is 0 Å². The molecule has 0 fully saturated rings. The Bertz CT molecular complexity index is 621. The summed E-state index contributed by atoms with van der Waals surface area (Å²) >= 11 is 19.1. The van der Waals surface area contributed by atoms with Gasteiger partial charge in [0.2, 0.25) is 3.79 Å². The molecule has 0 aliphatic heterocycles. The lowest BCUT2D eigenvalue weighted by molar-refractivity contribution is 0.103. The number of alkyl halides is 3. The molecule has 0 spiro atoms. The van der Waals surface area contributed by atoms with Crippen molar-refractivity contribution in [3.8, 4) is 0 Å². The van der Waals surface area contributed by atoms with Gasteiger partial charge in [0.05, 0.1) is 0 Å². The van der Waals surface area contributed by atoms with E-state index in [1.807, 2.05) is 24.5 Å². The lowest BCUT2D eigenvalue weighted by atomic mass is 10.0. The SMILES string of the molecule is CSc1cc(C(Cl)(Cl)Cl)ccc1C(=O)c1ccccc1. The second-order valence-electron chi connectivity index (χ2n) is 4.11. The van der Waals surface area contributed by atoms with Crippen molar-refractivity contribution in [3.05, 3.63) is 65.2 Å². The van der Waals surface area contributed by atoms with E-state index in [9.17, 15) is 4.79 Å². The maximum atomic E-state index is 12.5. The van der Waals surface area contributed by atoms with Crippen LogP contribution in [0.25, 0.3) is 0 Å². The van der Waals surface area contributed by atoms with Crippen molar-refractivity contribution in [2.24, 2.45) is 0 Å². The monoisotopic (exact) mass is 344 g/mol. The number of carbonyl (C=O) groups excluding carboxylic acids is 1. The molecular formula is C15H11Cl3OS. The first kappa shape index (κ1) is 15.7. The van der Waals surface area contributed by atoms with Crippen LogP contribution in [0.1, 0.15) is 21.5 Å². The summed E-state index contributed by atoms with van der Waals surface area (Å²) in [6, 6.07) is 14.2. The summed E-state index contributed by atoms with van der Waals surface area (Å²) in [5, 5.41) is 0. The smallest absolute Gasteiger partial charge is 0.216 e. The molecule has 2 aromatic carbocycles. The number of benzene rings is 2. The fourth-order valence-electron chi connectivity index (χ4n) is 1.80. The quantitative estimate of drug-likeness (QED) is 0.417. The molecular weight excluding hydrogens is 335 g/mol. The Morgan fingerprint density at radius 2 is 1.70 bits per heavy atom. The van der Waals surface area contributed by atoms with E-state index in [4.69, 9.17) is 34.8 Å². The van der Waals surface area contributed by atoms with E-state index < -0.39 is 3.79 Å². The van der Waals surface area contributed by atoms with Gasteiger partial charge in [-0.1, -0.05) is 71.2 Å². The number of halogens is 3. The van der Waals surface area contributed by atoms with E-state index in [1.54, 1.807) is 30.3 Å². The fraction of sp³-hybridized carbons (Fsp3) is 0.133. The first-order valence-corrected chi connectivity index (χ1v) is 8.14. The molecule has 0 amide bonds. The molecule has 2 aromatic rings. The molecule has 0 N–H and O–H groups in total. The Balaban J connectivity index is 2.45. The third-order valence-corrected chi connectivity index (χ3v) is 4.24. The van der Waals surface area contributed by atoms with Crippen LogP contribution in [-0.4, -0.2) is 12.0 Å². The third-order valence-electron chi connectivity index (χ3n) is 2.81. The zero-order chi connectivity index (χ0) is 14.8. The van der Waals surface area contributed by atoms with Gasteiger partial charge in [-0.15, -0.1) is 11.8 Å².